The minimum atomic E-state index is -0.130. The van der Waals surface area contributed by atoms with Gasteiger partial charge in [0.15, 0.2) is 5.82 Å². The molecule has 2 amide bonds. The van der Waals surface area contributed by atoms with Crippen LogP contribution in [0.15, 0.2) is 36.8 Å². The fourth-order valence-corrected chi connectivity index (χ4v) is 3.32. The largest absolute Gasteiger partial charge is 0.338 e. The van der Waals surface area contributed by atoms with Crippen molar-refractivity contribution < 1.29 is 4.79 Å². The summed E-state index contributed by atoms with van der Waals surface area (Å²) in [5.41, 5.74) is 0.989. The number of pyridine rings is 1. The predicted octanol–water partition coefficient (Wildman–Crippen LogP) is 2.33. The van der Waals surface area contributed by atoms with Gasteiger partial charge in [0.05, 0.1) is 0 Å². The van der Waals surface area contributed by atoms with Crippen molar-refractivity contribution >= 4 is 6.03 Å². The zero-order chi connectivity index (χ0) is 18.2. The van der Waals surface area contributed by atoms with Crippen LogP contribution < -0.4 is 10.6 Å². The maximum Gasteiger partial charge on any atom is 0.315 e. The van der Waals surface area contributed by atoms with Crippen molar-refractivity contribution in [1.29, 1.82) is 0 Å². The number of piperidine rings is 1. The van der Waals surface area contributed by atoms with Crippen LogP contribution in [0.4, 0.5) is 4.79 Å². The summed E-state index contributed by atoms with van der Waals surface area (Å²) in [7, 11) is 0. The molecular weight excluding hydrogens is 328 g/mol. The van der Waals surface area contributed by atoms with E-state index in [4.69, 9.17) is 0 Å². The summed E-state index contributed by atoms with van der Waals surface area (Å²) < 4.78 is 1.70. The van der Waals surface area contributed by atoms with E-state index in [0.29, 0.717) is 19.1 Å². The summed E-state index contributed by atoms with van der Waals surface area (Å²) in [6, 6.07) is 6.21. The fraction of sp³-hybridized carbons (Fsp3) is 0.526. The topological polar surface area (TPSA) is 75.1 Å². The number of rotatable bonds is 7. The molecule has 26 heavy (non-hydrogen) atoms. The van der Waals surface area contributed by atoms with E-state index in [0.717, 1.165) is 24.3 Å². The van der Waals surface area contributed by atoms with Crippen molar-refractivity contribution in [3.63, 3.8) is 0 Å². The average molecular weight is 356 g/mol. The Morgan fingerprint density at radius 1 is 1.31 bits per heavy atom. The second kappa shape index (κ2) is 9.33. The molecule has 7 nitrogen and oxygen atoms in total. The Balaban J connectivity index is 1.36. The van der Waals surface area contributed by atoms with Gasteiger partial charge in [-0.15, -0.1) is 0 Å². The molecule has 1 saturated heterocycles. The normalized spacial score (nSPS) is 17.8. The Bertz CT molecular complexity index is 687. The zero-order valence-corrected chi connectivity index (χ0v) is 15.4. The summed E-state index contributed by atoms with van der Waals surface area (Å²) in [5, 5.41) is 10.0. The molecule has 0 radical (unpaired) electrons. The first kappa shape index (κ1) is 18.4. The first-order valence-electron chi connectivity index (χ1n) is 9.43. The van der Waals surface area contributed by atoms with Gasteiger partial charge < -0.3 is 15.5 Å². The molecule has 7 heteroatoms. The van der Waals surface area contributed by atoms with Gasteiger partial charge in [-0.2, -0.15) is 5.10 Å². The van der Waals surface area contributed by atoms with Crippen LogP contribution in [0.2, 0.25) is 0 Å². The molecule has 1 aliphatic rings. The minimum absolute atomic E-state index is 0.130. The first-order valence-corrected chi connectivity index (χ1v) is 9.43. The molecule has 1 atom stereocenters. The Morgan fingerprint density at radius 2 is 2.23 bits per heavy atom. The van der Waals surface area contributed by atoms with E-state index in [9.17, 15) is 4.79 Å². The summed E-state index contributed by atoms with van der Waals surface area (Å²) >= 11 is 0. The third-order valence-corrected chi connectivity index (χ3v) is 4.85. The van der Waals surface area contributed by atoms with Crippen LogP contribution in [0.5, 0.6) is 0 Å². The Kier molecular flexibility index (Phi) is 6.60. The molecule has 1 fully saturated rings. The Morgan fingerprint density at radius 3 is 3.04 bits per heavy atom. The van der Waals surface area contributed by atoms with Gasteiger partial charge in [-0.1, -0.05) is 6.42 Å². The number of hydrogen-bond acceptors (Lipinski definition) is 4. The second-order valence-corrected chi connectivity index (χ2v) is 6.82. The number of carbonyl (C=O) groups is 1. The lowest BCUT2D eigenvalue weighted by Crippen LogP contribution is -2.40. The van der Waals surface area contributed by atoms with Crippen molar-refractivity contribution in [2.75, 3.05) is 19.6 Å². The maximum absolute atomic E-state index is 12.0. The van der Waals surface area contributed by atoms with Gasteiger partial charge in [-0.3, -0.25) is 0 Å². The van der Waals surface area contributed by atoms with Crippen LogP contribution in [-0.4, -0.2) is 51.4 Å². The van der Waals surface area contributed by atoms with E-state index in [1.807, 2.05) is 24.4 Å². The average Bonchev–Trinajstić information content (AvgIpc) is 3.20. The van der Waals surface area contributed by atoms with Crippen LogP contribution in [0.1, 0.15) is 38.2 Å². The van der Waals surface area contributed by atoms with Gasteiger partial charge in [0.2, 0.25) is 0 Å². The number of nitrogens with one attached hydrogen (secondary N) is 2. The number of aromatic nitrogens is 3. The van der Waals surface area contributed by atoms with E-state index >= 15 is 0 Å². The molecule has 0 saturated carbocycles. The monoisotopic (exact) mass is 356 g/mol. The van der Waals surface area contributed by atoms with E-state index in [1.165, 1.54) is 25.8 Å². The number of amides is 2. The highest BCUT2D eigenvalue weighted by atomic mass is 16.2. The summed E-state index contributed by atoms with van der Waals surface area (Å²) in [5.74, 6) is 0.741. The SMILES string of the molecule is CC1CCCCN1CCCNC(=O)NCc1ccnc(-n2cccn2)c1. The van der Waals surface area contributed by atoms with Crippen molar-refractivity contribution in [3.05, 3.63) is 42.4 Å². The molecule has 2 aromatic heterocycles. The summed E-state index contributed by atoms with van der Waals surface area (Å²) in [6.07, 6.45) is 10.2. The molecule has 1 aliphatic heterocycles. The van der Waals surface area contributed by atoms with Gasteiger partial charge in [0.25, 0.3) is 0 Å². The van der Waals surface area contributed by atoms with Gasteiger partial charge >= 0.3 is 6.03 Å². The molecule has 0 spiro atoms. The lowest BCUT2D eigenvalue weighted by molar-refractivity contribution is 0.159. The Labute approximate surface area is 154 Å². The smallest absolute Gasteiger partial charge is 0.315 e. The van der Waals surface area contributed by atoms with E-state index in [2.05, 4.69) is 32.5 Å². The molecular formula is C19H28N6O. The third-order valence-electron chi connectivity index (χ3n) is 4.85. The van der Waals surface area contributed by atoms with Gasteiger partial charge in [-0.25, -0.2) is 14.5 Å². The standard InChI is InChI=1S/C19H28N6O/c1-16-6-2-3-11-24(16)12-4-8-21-19(26)22-15-17-7-10-20-18(14-17)25-13-5-9-23-25/h5,7,9-10,13-14,16H,2-4,6,8,11-12,15H2,1H3,(H2,21,22,26). The van der Waals surface area contributed by atoms with E-state index < -0.39 is 0 Å². The molecule has 3 rings (SSSR count). The van der Waals surface area contributed by atoms with Gasteiger partial charge in [0, 0.05) is 44.3 Å². The zero-order valence-electron chi connectivity index (χ0n) is 15.4. The first-order chi connectivity index (χ1) is 12.7. The van der Waals surface area contributed by atoms with Gasteiger partial charge in [0.1, 0.15) is 0 Å². The minimum Gasteiger partial charge on any atom is -0.338 e. The highest BCUT2D eigenvalue weighted by Gasteiger charge is 2.17. The molecule has 0 aliphatic carbocycles. The highest BCUT2D eigenvalue weighted by Crippen LogP contribution is 2.16. The molecule has 0 bridgehead atoms. The van der Waals surface area contributed by atoms with E-state index in [-0.39, 0.29) is 6.03 Å². The summed E-state index contributed by atoms with van der Waals surface area (Å²) in [6.45, 7) is 5.70. The van der Waals surface area contributed by atoms with Crippen LogP contribution in [0.25, 0.3) is 5.82 Å². The number of hydrogen-bond donors (Lipinski definition) is 2. The lowest BCUT2D eigenvalue weighted by atomic mass is 10.0. The number of urea groups is 1. The number of carbonyl (C=O) groups excluding carboxylic acids is 1. The Hall–Kier alpha value is -2.41. The second-order valence-electron chi connectivity index (χ2n) is 6.82. The van der Waals surface area contributed by atoms with Crippen molar-refractivity contribution in [2.24, 2.45) is 0 Å². The van der Waals surface area contributed by atoms with Crippen LogP contribution in [0, 0.1) is 0 Å². The lowest BCUT2D eigenvalue weighted by Gasteiger charge is -2.33. The quantitative estimate of drug-likeness (QED) is 0.747. The maximum atomic E-state index is 12.0. The fourth-order valence-electron chi connectivity index (χ4n) is 3.32. The predicted molar refractivity (Wildman–Crippen MR) is 101 cm³/mol. The molecule has 1 unspecified atom stereocenters. The number of likely N-dealkylation sites (tertiary alicyclic amines) is 1. The van der Waals surface area contributed by atoms with E-state index in [1.54, 1.807) is 17.1 Å². The molecule has 0 aromatic carbocycles. The van der Waals surface area contributed by atoms with Crippen LogP contribution in [-0.2, 0) is 6.54 Å². The van der Waals surface area contributed by atoms with Crippen LogP contribution >= 0.6 is 0 Å². The molecule has 2 N–H and O–H groups in total. The van der Waals surface area contributed by atoms with Crippen LogP contribution in [0.3, 0.4) is 0 Å². The van der Waals surface area contributed by atoms with Gasteiger partial charge in [-0.05, 0) is 56.5 Å². The summed E-state index contributed by atoms with van der Waals surface area (Å²) in [4.78, 5) is 18.8. The van der Waals surface area contributed by atoms with Crippen molar-refractivity contribution in [2.45, 2.75) is 45.2 Å². The highest BCUT2D eigenvalue weighted by molar-refractivity contribution is 5.73. The van der Waals surface area contributed by atoms with Crippen molar-refractivity contribution in [1.82, 2.24) is 30.3 Å². The van der Waals surface area contributed by atoms with Crippen molar-refractivity contribution in [3.8, 4) is 5.82 Å². The molecule has 140 valence electrons. The molecule has 3 heterocycles. The number of nitrogens with zero attached hydrogens (tertiary/aromatic N) is 4. The third kappa shape index (κ3) is 5.29. The molecule has 2 aromatic rings.